The van der Waals surface area contributed by atoms with Crippen molar-refractivity contribution in [3.63, 3.8) is 0 Å². The SMILES string of the molecule is Cc1ccc(O)n(O)[c]1=[W]. The fraction of sp³-hybridized carbons (Fsp3) is 0.167. The summed E-state index contributed by atoms with van der Waals surface area (Å²) in [5.41, 5.74) is 0.982. The van der Waals surface area contributed by atoms with Crippen molar-refractivity contribution in [2.45, 2.75) is 6.92 Å². The maximum absolute atomic E-state index is 9.07. The van der Waals surface area contributed by atoms with E-state index in [0.29, 0.717) is 0 Å². The molecule has 0 aliphatic rings. The topological polar surface area (TPSA) is 45.4 Å². The molecule has 0 aromatic carbocycles. The van der Waals surface area contributed by atoms with Gasteiger partial charge in [0.25, 0.3) is 0 Å². The van der Waals surface area contributed by atoms with E-state index in [0.717, 1.165) is 33.3 Å². The van der Waals surface area contributed by atoms with E-state index in [1.54, 1.807) is 6.07 Å². The fourth-order valence-corrected chi connectivity index (χ4v) is 1.19. The van der Waals surface area contributed by atoms with Crippen LogP contribution in [0, 0.1) is 10.6 Å². The van der Waals surface area contributed by atoms with Gasteiger partial charge in [0.05, 0.1) is 0 Å². The number of rotatable bonds is 0. The van der Waals surface area contributed by atoms with Crippen molar-refractivity contribution in [1.29, 1.82) is 0 Å². The minimum absolute atomic E-state index is 0.115. The van der Waals surface area contributed by atoms with Gasteiger partial charge in [0.1, 0.15) is 0 Å². The summed E-state index contributed by atoms with van der Waals surface area (Å²) in [6.07, 6.45) is 0. The first-order valence-electron chi connectivity index (χ1n) is 2.74. The molecule has 0 saturated carbocycles. The van der Waals surface area contributed by atoms with Crippen molar-refractivity contribution < 1.29 is 29.7 Å². The molecule has 0 atom stereocenters. The van der Waals surface area contributed by atoms with Gasteiger partial charge in [0.15, 0.2) is 0 Å². The molecule has 4 heteroatoms. The Labute approximate surface area is 68.9 Å². The summed E-state index contributed by atoms with van der Waals surface area (Å²) in [5, 5.41) is 18.0. The van der Waals surface area contributed by atoms with Crippen LogP contribution in [-0.4, -0.2) is 15.0 Å². The van der Waals surface area contributed by atoms with Crippen molar-refractivity contribution in [2.75, 3.05) is 0 Å². The van der Waals surface area contributed by atoms with Crippen LogP contribution in [0.5, 0.6) is 5.88 Å². The van der Waals surface area contributed by atoms with Crippen LogP contribution < -0.4 is 0 Å². The van der Waals surface area contributed by atoms with E-state index in [-0.39, 0.29) is 5.88 Å². The van der Waals surface area contributed by atoms with Gasteiger partial charge in [-0.1, -0.05) is 0 Å². The van der Waals surface area contributed by atoms with Gasteiger partial charge in [-0.25, -0.2) is 0 Å². The van der Waals surface area contributed by atoms with Crippen LogP contribution in [-0.2, 0) is 19.4 Å². The maximum atomic E-state index is 9.07. The van der Waals surface area contributed by atoms with Crippen LogP contribution in [0.15, 0.2) is 12.1 Å². The zero-order valence-electron chi connectivity index (χ0n) is 5.40. The molecule has 0 spiro atoms. The second kappa shape index (κ2) is 2.59. The van der Waals surface area contributed by atoms with Crippen molar-refractivity contribution in [3.8, 4) is 5.88 Å². The van der Waals surface area contributed by atoms with Crippen LogP contribution in [0.2, 0.25) is 0 Å². The normalized spacial score (nSPS) is 9.70. The Balaban J connectivity index is 3.50. The molecule has 0 fully saturated rings. The van der Waals surface area contributed by atoms with Gasteiger partial charge in [-0.3, -0.25) is 0 Å². The Morgan fingerprint density at radius 2 is 2.10 bits per heavy atom. The predicted molar refractivity (Wildman–Crippen MR) is 31.3 cm³/mol. The summed E-state index contributed by atoms with van der Waals surface area (Å²) in [6, 6.07) is 3.23. The van der Waals surface area contributed by atoms with Gasteiger partial charge in [0, 0.05) is 0 Å². The van der Waals surface area contributed by atoms with Crippen molar-refractivity contribution in [1.82, 2.24) is 4.73 Å². The van der Waals surface area contributed by atoms with Gasteiger partial charge in [0.2, 0.25) is 0 Å². The summed E-state index contributed by atoms with van der Waals surface area (Å²) < 4.78 is 1.53. The second-order valence-electron chi connectivity index (χ2n) is 1.99. The second-order valence-corrected chi connectivity index (χ2v) is 3.38. The molecule has 0 amide bonds. The minimum atomic E-state index is -0.115. The molecule has 3 nitrogen and oxygen atoms in total. The van der Waals surface area contributed by atoms with Crippen LogP contribution >= 0.6 is 0 Å². The number of aryl methyl sites for hydroxylation is 1. The standard InChI is InChI=1S/C6H7NO2.W/c1-5-2-3-6(8)7(9)4-5;/h2-3,8-9H,1H3;. The van der Waals surface area contributed by atoms with Gasteiger partial charge in [-0.2, -0.15) is 0 Å². The Bertz CT molecular complexity index is 305. The van der Waals surface area contributed by atoms with Gasteiger partial charge in [-0.05, 0) is 0 Å². The van der Waals surface area contributed by atoms with Gasteiger partial charge < -0.3 is 0 Å². The van der Waals surface area contributed by atoms with E-state index in [2.05, 4.69) is 0 Å². The molecule has 1 rings (SSSR count). The Morgan fingerprint density at radius 3 is 2.60 bits per heavy atom. The average Bonchev–Trinajstić information content (AvgIpc) is 1.93. The predicted octanol–water partition coefficient (Wildman–Crippen LogP) is 0.818. The Morgan fingerprint density at radius 1 is 1.50 bits per heavy atom. The van der Waals surface area contributed by atoms with E-state index in [1.165, 1.54) is 6.07 Å². The molecule has 1 aromatic rings. The number of pyridine rings is 1. The molecule has 0 unspecified atom stereocenters. The van der Waals surface area contributed by atoms with Crippen LogP contribution in [0.25, 0.3) is 0 Å². The number of aromatic hydroxyl groups is 1. The third-order valence-electron chi connectivity index (χ3n) is 1.23. The van der Waals surface area contributed by atoms with Crippen molar-refractivity contribution in [3.05, 3.63) is 21.4 Å². The average molecular weight is 309 g/mol. The summed E-state index contributed by atoms with van der Waals surface area (Å²) in [7, 11) is 0. The number of nitrogens with zero attached hydrogens (tertiary/aromatic N) is 1. The Kier molecular flexibility index (Phi) is 1.95. The van der Waals surface area contributed by atoms with Gasteiger partial charge in [-0.15, -0.1) is 0 Å². The molecule has 0 saturated heterocycles. The van der Waals surface area contributed by atoms with E-state index in [9.17, 15) is 0 Å². The number of hydrogen-bond acceptors (Lipinski definition) is 2. The molecule has 1 heterocycles. The number of hydrogen-bond donors (Lipinski definition) is 2. The molecule has 1 aromatic heterocycles. The summed E-state index contributed by atoms with van der Waals surface area (Å²) in [5.74, 6) is -0.115. The molecule has 0 aliphatic heterocycles. The quantitative estimate of drug-likeness (QED) is 0.697. The van der Waals surface area contributed by atoms with E-state index < -0.39 is 0 Å². The van der Waals surface area contributed by atoms with Crippen molar-refractivity contribution in [2.24, 2.45) is 0 Å². The summed E-state index contributed by atoms with van der Waals surface area (Å²) in [6.45, 7) is 1.88. The summed E-state index contributed by atoms with van der Waals surface area (Å²) in [4.78, 5) is 0. The third kappa shape index (κ3) is 1.14. The monoisotopic (exact) mass is 309 g/mol. The third-order valence-corrected chi connectivity index (χ3v) is 3.01. The zero-order chi connectivity index (χ0) is 7.72. The first kappa shape index (κ1) is 7.54. The number of aromatic nitrogens is 1. The van der Waals surface area contributed by atoms with Gasteiger partial charge >= 0.3 is 68.6 Å². The fourth-order valence-electron chi connectivity index (χ4n) is 0.613. The molecular formula is C6H7NO2W. The summed E-state index contributed by atoms with van der Waals surface area (Å²) >= 11 is 1.13. The molecular weight excluding hydrogens is 302 g/mol. The Hall–Kier alpha value is -0.562. The molecule has 10 heavy (non-hydrogen) atoms. The molecule has 54 valence electrons. The van der Waals surface area contributed by atoms with E-state index in [1.807, 2.05) is 6.92 Å². The first-order chi connectivity index (χ1) is 4.63. The van der Waals surface area contributed by atoms with Crippen LogP contribution in [0.4, 0.5) is 0 Å². The van der Waals surface area contributed by atoms with Crippen LogP contribution in [0.3, 0.4) is 0 Å². The molecule has 0 bridgehead atoms. The first-order valence-corrected chi connectivity index (χ1v) is 4.20. The van der Waals surface area contributed by atoms with E-state index in [4.69, 9.17) is 10.3 Å². The van der Waals surface area contributed by atoms with Crippen molar-refractivity contribution >= 4 is 0 Å². The molecule has 0 radical (unpaired) electrons. The molecule has 0 aliphatic carbocycles. The zero-order valence-corrected chi connectivity index (χ0v) is 8.34. The van der Waals surface area contributed by atoms with Crippen LogP contribution in [0.1, 0.15) is 5.56 Å². The molecule has 2 N–H and O–H groups in total. The van der Waals surface area contributed by atoms with E-state index >= 15 is 0 Å².